The number of hydrogen-bond donors (Lipinski definition) is 2. The number of halogens is 2. The molecule has 0 saturated carbocycles. The van der Waals surface area contributed by atoms with E-state index in [1.165, 1.54) is 6.08 Å². The first-order valence-electron chi connectivity index (χ1n) is 5.98. The summed E-state index contributed by atoms with van der Waals surface area (Å²) in [5.74, 6) is 0.488. The van der Waals surface area contributed by atoms with Gasteiger partial charge in [0.25, 0.3) is 0 Å². The van der Waals surface area contributed by atoms with Gasteiger partial charge in [-0.2, -0.15) is 0 Å². The van der Waals surface area contributed by atoms with Gasteiger partial charge in [0.15, 0.2) is 0 Å². The number of aromatic amines is 1. The van der Waals surface area contributed by atoms with Crippen molar-refractivity contribution in [3.63, 3.8) is 0 Å². The zero-order valence-electron chi connectivity index (χ0n) is 10.7. The molecule has 0 saturated heterocycles. The van der Waals surface area contributed by atoms with Crippen LogP contribution in [0.3, 0.4) is 0 Å². The van der Waals surface area contributed by atoms with E-state index in [1.54, 1.807) is 36.7 Å². The van der Waals surface area contributed by atoms with Gasteiger partial charge in [-0.3, -0.25) is 4.79 Å². The summed E-state index contributed by atoms with van der Waals surface area (Å²) in [7, 11) is 0. The number of carbonyl (C=O) groups is 1. The summed E-state index contributed by atoms with van der Waals surface area (Å²) in [6.45, 7) is 1.85. The van der Waals surface area contributed by atoms with Crippen molar-refractivity contribution in [2.75, 3.05) is 0 Å². The summed E-state index contributed by atoms with van der Waals surface area (Å²) in [4.78, 5) is 18.8. The molecule has 1 aromatic heterocycles. The number of rotatable bonds is 4. The summed E-state index contributed by atoms with van der Waals surface area (Å²) in [6, 6.07) is 4.91. The number of carbonyl (C=O) groups excluding carboxylic acids is 1. The van der Waals surface area contributed by atoms with Crippen molar-refractivity contribution in [3.8, 4) is 0 Å². The highest BCUT2D eigenvalue weighted by atomic mass is 35.5. The van der Waals surface area contributed by atoms with Crippen LogP contribution in [-0.4, -0.2) is 15.9 Å². The molecule has 0 spiro atoms. The summed E-state index contributed by atoms with van der Waals surface area (Å²) in [6.07, 6.45) is 6.44. The predicted octanol–water partition coefficient (Wildman–Crippen LogP) is 3.61. The standard InChI is InChI=1S/C14H13Cl2N3O/c1-9(14-17-4-5-18-14)19-13(20)3-2-10-6-11(15)8-12(16)7-10/h2-9H,1H3,(H,17,18)(H,19,20)/b3-2+. The second-order valence-electron chi connectivity index (χ2n) is 4.24. The normalized spacial score (nSPS) is 12.6. The second kappa shape index (κ2) is 6.59. The SMILES string of the molecule is CC(NC(=O)/C=C/c1cc(Cl)cc(Cl)c1)c1ncc[nH]1. The highest BCUT2D eigenvalue weighted by molar-refractivity contribution is 6.34. The highest BCUT2D eigenvalue weighted by Gasteiger charge is 2.08. The molecule has 0 aliphatic rings. The Labute approximate surface area is 126 Å². The zero-order chi connectivity index (χ0) is 14.5. The van der Waals surface area contributed by atoms with Crippen LogP contribution in [0.1, 0.15) is 24.4 Å². The summed E-state index contributed by atoms with van der Waals surface area (Å²) < 4.78 is 0. The molecule has 4 nitrogen and oxygen atoms in total. The maximum Gasteiger partial charge on any atom is 0.244 e. The number of nitrogens with zero attached hydrogens (tertiary/aromatic N) is 1. The van der Waals surface area contributed by atoms with Crippen LogP contribution in [0.5, 0.6) is 0 Å². The maximum absolute atomic E-state index is 11.8. The van der Waals surface area contributed by atoms with E-state index in [4.69, 9.17) is 23.2 Å². The molecule has 0 aliphatic carbocycles. The Morgan fingerprint density at radius 3 is 2.65 bits per heavy atom. The van der Waals surface area contributed by atoms with E-state index in [-0.39, 0.29) is 11.9 Å². The van der Waals surface area contributed by atoms with Gasteiger partial charge in [0.05, 0.1) is 6.04 Å². The fourth-order valence-electron chi connectivity index (χ4n) is 1.69. The average molecular weight is 310 g/mol. The lowest BCUT2D eigenvalue weighted by Gasteiger charge is -2.09. The maximum atomic E-state index is 11.8. The van der Waals surface area contributed by atoms with Gasteiger partial charge in [-0.15, -0.1) is 0 Å². The Kier molecular flexibility index (Phi) is 4.82. The van der Waals surface area contributed by atoms with E-state index in [1.807, 2.05) is 6.92 Å². The van der Waals surface area contributed by atoms with Crippen LogP contribution in [0.2, 0.25) is 10.0 Å². The molecule has 2 rings (SSSR count). The molecular formula is C14H13Cl2N3O. The third-order valence-electron chi connectivity index (χ3n) is 2.60. The molecule has 20 heavy (non-hydrogen) atoms. The Bertz CT molecular complexity index is 603. The first-order chi connectivity index (χ1) is 9.54. The van der Waals surface area contributed by atoms with Crippen LogP contribution >= 0.6 is 23.2 Å². The van der Waals surface area contributed by atoms with Crippen molar-refractivity contribution in [2.24, 2.45) is 0 Å². The number of hydrogen-bond acceptors (Lipinski definition) is 2. The monoisotopic (exact) mass is 309 g/mol. The minimum absolute atomic E-state index is 0.190. The molecule has 6 heteroatoms. The fourth-order valence-corrected chi connectivity index (χ4v) is 2.23. The highest BCUT2D eigenvalue weighted by Crippen LogP contribution is 2.19. The lowest BCUT2D eigenvalue weighted by atomic mass is 10.2. The van der Waals surface area contributed by atoms with E-state index in [0.717, 1.165) is 5.56 Å². The fraction of sp³-hybridized carbons (Fsp3) is 0.143. The molecule has 0 bridgehead atoms. The Balaban J connectivity index is 1.98. The van der Waals surface area contributed by atoms with Gasteiger partial charge in [-0.1, -0.05) is 23.2 Å². The number of amides is 1. The summed E-state index contributed by atoms with van der Waals surface area (Å²) >= 11 is 11.8. The van der Waals surface area contributed by atoms with Gasteiger partial charge in [0, 0.05) is 28.5 Å². The van der Waals surface area contributed by atoms with Crippen molar-refractivity contribution in [2.45, 2.75) is 13.0 Å². The van der Waals surface area contributed by atoms with Crippen LogP contribution < -0.4 is 5.32 Å². The van der Waals surface area contributed by atoms with Gasteiger partial charge < -0.3 is 10.3 Å². The average Bonchev–Trinajstić information content (AvgIpc) is 2.89. The second-order valence-corrected chi connectivity index (χ2v) is 5.11. The van der Waals surface area contributed by atoms with Gasteiger partial charge in [0.2, 0.25) is 5.91 Å². The Morgan fingerprint density at radius 2 is 2.05 bits per heavy atom. The van der Waals surface area contributed by atoms with Crippen LogP contribution in [0, 0.1) is 0 Å². The molecule has 1 heterocycles. The molecular weight excluding hydrogens is 297 g/mol. The summed E-state index contributed by atoms with van der Waals surface area (Å²) in [5, 5.41) is 3.85. The number of nitrogens with one attached hydrogen (secondary N) is 2. The van der Waals surface area contributed by atoms with Gasteiger partial charge in [-0.25, -0.2) is 4.98 Å². The largest absolute Gasteiger partial charge is 0.347 e. The first kappa shape index (κ1) is 14.6. The van der Waals surface area contributed by atoms with Gasteiger partial charge in [-0.05, 0) is 36.8 Å². The van der Waals surface area contributed by atoms with Crippen molar-refractivity contribution >= 4 is 35.2 Å². The van der Waals surface area contributed by atoms with E-state index in [9.17, 15) is 4.79 Å². The molecule has 0 radical (unpaired) electrons. The molecule has 2 aromatic rings. The number of H-pyrrole nitrogens is 1. The number of benzene rings is 1. The smallest absolute Gasteiger partial charge is 0.244 e. The van der Waals surface area contributed by atoms with Crippen molar-refractivity contribution in [1.82, 2.24) is 15.3 Å². The first-order valence-corrected chi connectivity index (χ1v) is 6.74. The van der Waals surface area contributed by atoms with Crippen molar-refractivity contribution in [1.29, 1.82) is 0 Å². The van der Waals surface area contributed by atoms with Crippen LogP contribution in [0.25, 0.3) is 6.08 Å². The molecule has 2 N–H and O–H groups in total. The van der Waals surface area contributed by atoms with Crippen LogP contribution in [0.4, 0.5) is 0 Å². The van der Waals surface area contributed by atoms with E-state index >= 15 is 0 Å². The predicted molar refractivity (Wildman–Crippen MR) is 80.6 cm³/mol. The molecule has 1 amide bonds. The molecule has 1 unspecified atom stereocenters. The molecule has 1 atom stereocenters. The minimum Gasteiger partial charge on any atom is -0.347 e. The third kappa shape index (κ3) is 4.11. The van der Waals surface area contributed by atoms with Crippen LogP contribution in [-0.2, 0) is 4.79 Å². The van der Waals surface area contributed by atoms with Crippen molar-refractivity contribution in [3.05, 3.63) is 58.1 Å². The van der Waals surface area contributed by atoms with E-state index < -0.39 is 0 Å². The topological polar surface area (TPSA) is 57.8 Å². The molecule has 1 aromatic carbocycles. The van der Waals surface area contributed by atoms with Crippen molar-refractivity contribution < 1.29 is 4.79 Å². The lowest BCUT2D eigenvalue weighted by Crippen LogP contribution is -2.25. The number of imidazole rings is 1. The lowest BCUT2D eigenvalue weighted by molar-refractivity contribution is -0.117. The molecule has 104 valence electrons. The Hall–Kier alpha value is -1.78. The minimum atomic E-state index is -0.218. The van der Waals surface area contributed by atoms with Gasteiger partial charge in [0.1, 0.15) is 5.82 Å². The summed E-state index contributed by atoms with van der Waals surface area (Å²) in [5.41, 5.74) is 0.767. The van der Waals surface area contributed by atoms with Crippen LogP contribution in [0.15, 0.2) is 36.7 Å². The molecule has 0 fully saturated rings. The zero-order valence-corrected chi connectivity index (χ0v) is 12.2. The third-order valence-corrected chi connectivity index (χ3v) is 3.04. The Morgan fingerprint density at radius 1 is 1.35 bits per heavy atom. The molecule has 0 aliphatic heterocycles. The van der Waals surface area contributed by atoms with E-state index in [0.29, 0.717) is 15.9 Å². The number of aromatic nitrogens is 2. The van der Waals surface area contributed by atoms with E-state index in [2.05, 4.69) is 15.3 Å². The van der Waals surface area contributed by atoms with Gasteiger partial charge >= 0.3 is 0 Å². The quantitative estimate of drug-likeness (QED) is 0.848.